The average molecular weight is 267 g/mol. The number of hydrogen-bond acceptors (Lipinski definition) is 3. The number of halogens is 1. The van der Waals surface area contributed by atoms with Gasteiger partial charge >= 0.3 is 5.97 Å². The highest BCUT2D eigenvalue weighted by atomic mass is 35.5. The summed E-state index contributed by atoms with van der Waals surface area (Å²) in [6.45, 7) is 4.48. The number of hydrogen-bond donors (Lipinski definition) is 1. The highest BCUT2D eigenvalue weighted by Crippen LogP contribution is 2.25. The van der Waals surface area contributed by atoms with E-state index in [1.165, 1.54) is 0 Å². The van der Waals surface area contributed by atoms with Crippen LogP contribution in [0.1, 0.15) is 25.8 Å². The van der Waals surface area contributed by atoms with E-state index in [-0.39, 0.29) is 12.5 Å². The predicted octanol–water partition coefficient (Wildman–Crippen LogP) is 2.90. The van der Waals surface area contributed by atoms with Gasteiger partial charge in [0.15, 0.2) is 0 Å². The molecule has 0 radical (unpaired) electrons. The van der Waals surface area contributed by atoms with Crippen molar-refractivity contribution in [2.45, 2.75) is 26.3 Å². The topological polar surface area (TPSA) is 64.3 Å². The van der Waals surface area contributed by atoms with Crippen molar-refractivity contribution < 1.29 is 9.90 Å². The molecule has 1 N–H and O–H groups in total. The van der Waals surface area contributed by atoms with Crippen molar-refractivity contribution in [2.75, 3.05) is 11.4 Å². The van der Waals surface area contributed by atoms with Crippen molar-refractivity contribution in [3.8, 4) is 6.07 Å². The summed E-state index contributed by atoms with van der Waals surface area (Å²) in [5.41, 5.74) is 1.25. The second kappa shape index (κ2) is 6.27. The first-order valence-electron chi connectivity index (χ1n) is 5.67. The molecule has 0 spiro atoms. The van der Waals surface area contributed by atoms with E-state index in [9.17, 15) is 4.79 Å². The van der Waals surface area contributed by atoms with Crippen molar-refractivity contribution in [3.05, 3.63) is 28.8 Å². The standard InChI is InChI=1S/C13H15ClN2O2/c1-3-16(9(2)6-13(17)18)11-5-4-10(8-15)12(14)7-11/h4-5,7,9H,3,6H2,1-2H3,(H,17,18). The van der Waals surface area contributed by atoms with Crippen LogP contribution in [0.3, 0.4) is 0 Å². The van der Waals surface area contributed by atoms with Crippen LogP contribution >= 0.6 is 11.6 Å². The van der Waals surface area contributed by atoms with Gasteiger partial charge in [-0.3, -0.25) is 4.79 Å². The van der Waals surface area contributed by atoms with Gasteiger partial charge in [-0.1, -0.05) is 11.6 Å². The molecule has 1 aromatic rings. The Balaban J connectivity index is 2.99. The molecule has 1 unspecified atom stereocenters. The number of benzene rings is 1. The zero-order chi connectivity index (χ0) is 13.7. The van der Waals surface area contributed by atoms with Crippen molar-refractivity contribution in [1.29, 1.82) is 5.26 Å². The molecule has 0 saturated heterocycles. The number of anilines is 1. The van der Waals surface area contributed by atoms with Gasteiger partial charge in [0.1, 0.15) is 6.07 Å². The molecule has 5 heteroatoms. The molecule has 1 atom stereocenters. The Morgan fingerprint density at radius 1 is 1.61 bits per heavy atom. The monoisotopic (exact) mass is 266 g/mol. The molecule has 0 saturated carbocycles. The normalized spacial score (nSPS) is 11.7. The van der Waals surface area contributed by atoms with Crippen molar-refractivity contribution in [1.82, 2.24) is 0 Å². The summed E-state index contributed by atoms with van der Waals surface area (Å²) in [4.78, 5) is 12.7. The molecule has 0 heterocycles. The zero-order valence-corrected chi connectivity index (χ0v) is 11.1. The second-order valence-corrected chi connectivity index (χ2v) is 4.42. The smallest absolute Gasteiger partial charge is 0.305 e. The lowest BCUT2D eigenvalue weighted by molar-refractivity contribution is -0.137. The van der Waals surface area contributed by atoms with E-state index in [0.29, 0.717) is 17.1 Å². The van der Waals surface area contributed by atoms with E-state index in [1.54, 1.807) is 18.2 Å². The van der Waals surface area contributed by atoms with Crippen LogP contribution in [-0.2, 0) is 4.79 Å². The zero-order valence-electron chi connectivity index (χ0n) is 10.4. The minimum atomic E-state index is -0.833. The number of carboxylic acid groups (broad SMARTS) is 1. The fourth-order valence-corrected chi connectivity index (χ4v) is 2.10. The van der Waals surface area contributed by atoms with Crippen LogP contribution in [-0.4, -0.2) is 23.7 Å². The first-order chi connectivity index (χ1) is 8.49. The van der Waals surface area contributed by atoms with Crippen LogP contribution in [0.15, 0.2) is 18.2 Å². The van der Waals surface area contributed by atoms with Crippen LogP contribution in [0.25, 0.3) is 0 Å². The summed E-state index contributed by atoms with van der Waals surface area (Å²) >= 11 is 5.98. The highest BCUT2D eigenvalue weighted by Gasteiger charge is 2.16. The summed E-state index contributed by atoms with van der Waals surface area (Å²) in [6, 6.07) is 7.00. The lowest BCUT2D eigenvalue weighted by atomic mass is 10.1. The molecule has 0 aromatic heterocycles. The molecular formula is C13H15ClN2O2. The second-order valence-electron chi connectivity index (χ2n) is 4.01. The van der Waals surface area contributed by atoms with Gasteiger partial charge in [0, 0.05) is 18.3 Å². The molecule has 0 aliphatic carbocycles. The maximum Gasteiger partial charge on any atom is 0.305 e. The van der Waals surface area contributed by atoms with Gasteiger partial charge in [0.25, 0.3) is 0 Å². The number of carbonyl (C=O) groups is 1. The lowest BCUT2D eigenvalue weighted by Gasteiger charge is -2.29. The Morgan fingerprint density at radius 2 is 2.28 bits per heavy atom. The molecule has 0 aliphatic heterocycles. The third-order valence-corrected chi connectivity index (χ3v) is 3.06. The Labute approximate surface area is 111 Å². The van der Waals surface area contributed by atoms with Gasteiger partial charge in [0.05, 0.1) is 17.0 Å². The van der Waals surface area contributed by atoms with Gasteiger partial charge in [-0.15, -0.1) is 0 Å². The number of rotatable bonds is 5. The molecule has 0 amide bonds. The maximum atomic E-state index is 10.7. The fraction of sp³-hybridized carbons (Fsp3) is 0.385. The van der Waals surface area contributed by atoms with E-state index < -0.39 is 5.97 Å². The van der Waals surface area contributed by atoms with E-state index >= 15 is 0 Å². The van der Waals surface area contributed by atoms with Gasteiger partial charge in [-0.2, -0.15) is 5.26 Å². The number of nitriles is 1. The van der Waals surface area contributed by atoms with E-state index in [1.807, 2.05) is 24.8 Å². The molecule has 4 nitrogen and oxygen atoms in total. The van der Waals surface area contributed by atoms with Crippen molar-refractivity contribution in [3.63, 3.8) is 0 Å². The Morgan fingerprint density at radius 3 is 2.72 bits per heavy atom. The fourth-order valence-electron chi connectivity index (χ4n) is 1.88. The predicted molar refractivity (Wildman–Crippen MR) is 70.9 cm³/mol. The summed E-state index contributed by atoms with van der Waals surface area (Å²) < 4.78 is 0. The summed E-state index contributed by atoms with van der Waals surface area (Å²) in [5, 5.41) is 18.0. The van der Waals surface area contributed by atoms with Crippen LogP contribution in [0.5, 0.6) is 0 Å². The minimum absolute atomic E-state index is 0.0610. The van der Waals surface area contributed by atoms with Gasteiger partial charge in [0.2, 0.25) is 0 Å². The maximum absolute atomic E-state index is 10.7. The number of carboxylic acids is 1. The third kappa shape index (κ3) is 3.38. The van der Waals surface area contributed by atoms with Crippen LogP contribution in [0.4, 0.5) is 5.69 Å². The first-order valence-corrected chi connectivity index (χ1v) is 6.05. The van der Waals surface area contributed by atoms with Crippen molar-refractivity contribution >= 4 is 23.3 Å². The Kier molecular flexibility index (Phi) is 4.99. The SMILES string of the molecule is CCN(c1ccc(C#N)c(Cl)c1)C(C)CC(=O)O. The third-order valence-electron chi connectivity index (χ3n) is 2.75. The number of aliphatic carboxylic acids is 1. The van der Waals surface area contributed by atoms with Crippen molar-refractivity contribution in [2.24, 2.45) is 0 Å². The van der Waals surface area contributed by atoms with Gasteiger partial charge in [-0.25, -0.2) is 0 Å². The van der Waals surface area contributed by atoms with E-state index in [0.717, 1.165) is 5.69 Å². The molecule has 0 aliphatic rings. The van der Waals surface area contributed by atoms with E-state index in [4.69, 9.17) is 22.0 Å². The molecule has 0 bridgehead atoms. The highest BCUT2D eigenvalue weighted by molar-refractivity contribution is 6.32. The van der Waals surface area contributed by atoms with E-state index in [2.05, 4.69) is 0 Å². The first kappa shape index (κ1) is 14.3. The van der Waals surface area contributed by atoms with Crippen LogP contribution < -0.4 is 4.90 Å². The summed E-state index contributed by atoms with van der Waals surface area (Å²) in [6.07, 6.45) is 0.0610. The van der Waals surface area contributed by atoms with Gasteiger partial charge in [-0.05, 0) is 32.0 Å². The molecular weight excluding hydrogens is 252 g/mol. The molecule has 18 heavy (non-hydrogen) atoms. The summed E-state index contributed by atoms with van der Waals surface area (Å²) in [7, 11) is 0. The van der Waals surface area contributed by atoms with Gasteiger partial charge < -0.3 is 10.0 Å². The Hall–Kier alpha value is -1.73. The molecule has 96 valence electrons. The van der Waals surface area contributed by atoms with Crippen LogP contribution in [0, 0.1) is 11.3 Å². The largest absolute Gasteiger partial charge is 0.481 e. The lowest BCUT2D eigenvalue weighted by Crippen LogP contribution is -2.34. The molecule has 1 aromatic carbocycles. The molecule has 1 rings (SSSR count). The average Bonchev–Trinajstić information content (AvgIpc) is 2.29. The quantitative estimate of drug-likeness (QED) is 0.890. The van der Waals surface area contributed by atoms with Crippen LogP contribution in [0.2, 0.25) is 5.02 Å². The Bertz CT molecular complexity index is 482. The number of nitrogens with zero attached hydrogens (tertiary/aromatic N) is 2. The summed E-state index contributed by atoms with van der Waals surface area (Å²) in [5.74, 6) is -0.833. The molecule has 0 fully saturated rings. The minimum Gasteiger partial charge on any atom is -0.481 e.